The summed E-state index contributed by atoms with van der Waals surface area (Å²) in [6, 6.07) is 9.82. The Balaban J connectivity index is 1.80. The molecule has 0 radical (unpaired) electrons. The average molecular weight is 785 g/mol. The highest BCUT2D eigenvalue weighted by atomic mass is 32.2. The first-order valence-electron chi connectivity index (χ1n) is 18.4. The molecule has 0 aliphatic heterocycles. The number of carbonyl (C=O) groups is 7. The van der Waals surface area contributed by atoms with Crippen molar-refractivity contribution in [2.75, 3.05) is 18.9 Å². The molecule has 1 saturated carbocycles. The molecule has 55 heavy (non-hydrogen) atoms. The van der Waals surface area contributed by atoms with Gasteiger partial charge in [-0.1, -0.05) is 95.0 Å². The zero-order valence-corrected chi connectivity index (χ0v) is 32.2. The predicted molar refractivity (Wildman–Crippen MR) is 201 cm³/mol. The first-order valence-corrected chi connectivity index (χ1v) is 20.1. The van der Waals surface area contributed by atoms with Gasteiger partial charge in [-0.2, -0.15) is 0 Å². The number of ketones is 1. The minimum atomic E-state index is -4.21. The fraction of sp³-hybridized carbons (Fsp3) is 0.500. The number of nitrogens with one attached hydrogen (secondary N) is 5. The molecule has 6 amide bonds. The van der Waals surface area contributed by atoms with Crippen molar-refractivity contribution >= 4 is 51.2 Å². The molecule has 2 aromatic carbocycles. The second-order valence-electron chi connectivity index (χ2n) is 13.9. The second-order valence-corrected chi connectivity index (χ2v) is 15.9. The molecule has 7 N–H and O–H groups in total. The molecule has 16 nitrogen and oxygen atoms in total. The maximum Gasteiger partial charge on any atom is 0.407 e. The number of hydrogen-bond acceptors (Lipinski definition) is 10. The summed E-state index contributed by atoms with van der Waals surface area (Å²) in [5.41, 5.74) is 5.84. The van der Waals surface area contributed by atoms with E-state index in [0.29, 0.717) is 24.8 Å². The molecule has 0 spiro atoms. The average Bonchev–Trinajstić information content (AvgIpc) is 3.17. The molecular weight excluding hydrogens is 733 g/mol. The molecule has 0 saturated heterocycles. The third kappa shape index (κ3) is 14.1. The molecule has 1 unspecified atom stereocenters. The minimum absolute atomic E-state index is 0.0239. The maximum atomic E-state index is 13.9. The Morgan fingerprint density at radius 3 is 1.98 bits per heavy atom. The van der Waals surface area contributed by atoms with E-state index in [1.54, 1.807) is 43.3 Å². The highest BCUT2D eigenvalue weighted by molar-refractivity contribution is 7.91. The van der Waals surface area contributed by atoms with Crippen molar-refractivity contribution in [3.8, 4) is 0 Å². The maximum absolute atomic E-state index is 13.9. The number of hydrogen-bond donors (Lipinski definition) is 6. The van der Waals surface area contributed by atoms with Gasteiger partial charge in [-0.25, -0.2) is 13.2 Å². The van der Waals surface area contributed by atoms with Crippen molar-refractivity contribution in [3.05, 3.63) is 66.2 Å². The number of benzene rings is 2. The number of sulfone groups is 1. The predicted octanol–water partition coefficient (Wildman–Crippen LogP) is 1.59. The van der Waals surface area contributed by atoms with Crippen LogP contribution in [0.4, 0.5) is 4.79 Å². The van der Waals surface area contributed by atoms with E-state index in [1.165, 1.54) is 24.3 Å². The van der Waals surface area contributed by atoms with E-state index in [9.17, 15) is 42.0 Å². The van der Waals surface area contributed by atoms with Crippen molar-refractivity contribution in [1.29, 1.82) is 0 Å². The molecule has 2 aromatic rings. The molecule has 0 bridgehead atoms. The van der Waals surface area contributed by atoms with E-state index in [-0.39, 0.29) is 29.8 Å². The summed E-state index contributed by atoms with van der Waals surface area (Å²) in [4.78, 5) is 91.3. The molecule has 1 aliphatic carbocycles. The Bertz CT molecular complexity index is 1750. The van der Waals surface area contributed by atoms with Gasteiger partial charge in [0.05, 0.1) is 29.8 Å². The molecule has 4 atom stereocenters. The summed E-state index contributed by atoms with van der Waals surface area (Å²) in [5.74, 6) is -7.14. The summed E-state index contributed by atoms with van der Waals surface area (Å²) in [7, 11) is -4.21. The zero-order valence-electron chi connectivity index (χ0n) is 31.4. The summed E-state index contributed by atoms with van der Waals surface area (Å²) < 4.78 is 32.3. The third-order valence-electron chi connectivity index (χ3n) is 8.91. The van der Waals surface area contributed by atoms with E-state index in [4.69, 9.17) is 10.5 Å². The summed E-state index contributed by atoms with van der Waals surface area (Å²) in [6.45, 7) is 4.76. The van der Waals surface area contributed by atoms with E-state index >= 15 is 0 Å². The fourth-order valence-electron chi connectivity index (χ4n) is 6.08. The largest absolute Gasteiger partial charge is 0.449 e. The van der Waals surface area contributed by atoms with Crippen LogP contribution in [-0.2, 0) is 43.3 Å². The van der Waals surface area contributed by atoms with Crippen molar-refractivity contribution < 1.29 is 46.7 Å². The fourth-order valence-corrected chi connectivity index (χ4v) is 7.51. The molecule has 3 rings (SSSR count). The van der Waals surface area contributed by atoms with Crippen LogP contribution < -0.4 is 32.3 Å². The minimum Gasteiger partial charge on any atom is -0.449 e. The lowest BCUT2D eigenvalue weighted by Gasteiger charge is -2.31. The van der Waals surface area contributed by atoms with Gasteiger partial charge in [-0.3, -0.25) is 28.8 Å². The number of nitrogens with two attached hydrogens (primary N) is 1. The van der Waals surface area contributed by atoms with Crippen LogP contribution in [0.15, 0.2) is 65.6 Å². The Labute approximate surface area is 321 Å². The second kappa shape index (κ2) is 21.5. The third-order valence-corrected chi connectivity index (χ3v) is 10.7. The Kier molecular flexibility index (Phi) is 17.3. The first-order chi connectivity index (χ1) is 26.1. The molecule has 17 heteroatoms. The topological polar surface area (TPSA) is 249 Å². The van der Waals surface area contributed by atoms with Crippen LogP contribution >= 0.6 is 0 Å². The standard InChI is InChI=1S/C38H52N6O10S/c1-4-14-28(33(46)37(50)40-21-30(45)43-31(34(39)47)25-15-8-5-9-16-25)41-35(48)29(23-55(52,53)27-19-12-7-13-20-27)42-36(49)32(26-17-10-6-11-18-26)44-38(51)54-22-24(2)3/h5,7-9,12-13,15-16,19-20,24,26,28-29,31-32H,4,6,10-11,14,17-18,21-23H2,1-3H3,(H2,39,47)(H,40,50)(H,41,48)(H,42,49)(H,43,45)(H,44,51)/t28?,29-,31-,32-/m0/s1. The Hall–Kier alpha value is -5.32. The lowest BCUT2D eigenvalue weighted by molar-refractivity contribution is -0.141. The van der Waals surface area contributed by atoms with Gasteiger partial charge in [-0.15, -0.1) is 0 Å². The molecular formula is C38H52N6O10S. The van der Waals surface area contributed by atoms with Gasteiger partial charge < -0.3 is 37.1 Å². The van der Waals surface area contributed by atoms with Crippen molar-refractivity contribution in [1.82, 2.24) is 26.6 Å². The van der Waals surface area contributed by atoms with Gasteiger partial charge in [0.25, 0.3) is 5.91 Å². The smallest absolute Gasteiger partial charge is 0.407 e. The lowest BCUT2D eigenvalue weighted by Crippen LogP contribution is -2.60. The van der Waals surface area contributed by atoms with Crippen LogP contribution in [0.3, 0.4) is 0 Å². The number of rotatable bonds is 20. The summed E-state index contributed by atoms with van der Waals surface area (Å²) in [5, 5.41) is 12.1. The number of alkyl carbamates (subject to hydrolysis) is 1. The van der Waals surface area contributed by atoms with E-state index < -0.39 is 87.7 Å². The molecule has 0 heterocycles. The van der Waals surface area contributed by atoms with Gasteiger partial charge >= 0.3 is 6.09 Å². The molecule has 1 fully saturated rings. The van der Waals surface area contributed by atoms with E-state index in [0.717, 1.165) is 19.3 Å². The van der Waals surface area contributed by atoms with Crippen molar-refractivity contribution in [3.63, 3.8) is 0 Å². The van der Waals surface area contributed by atoms with Crippen LogP contribution in [0, 0.1) is 11.8 Å². The van der Waals surface area contributed by atoms with Crippen LogP contribution in [0.5, 0.6) is 0 Å². The zero-order chi connectivity index (χ0) is 40.5. The summed E-state index contributed by atoms with van der Waals surface area (Å²) >= 11 is 0. The van der Waals surface area contributed by atoms with Gasteiger partial charge in [0.1, 0.15) is 18.1 Å². The quantitative estimate of drug-likeness (QED) is 0.106. The van der Waals surface area contributed by atoms with Crippen LogP contribution in [0.25, 0.3) is 0 Å². The van der Waals surface area contributed by atoms with Crippen molar-refractivity contribution in [2.45, 2.75) is 94.8 Å². The SMILES string of the molecule is CCCC(NC(=O)[C@H](CS(=O)(=O)c1ccccc1)NC(=O)[C@@H](NC(=O)OCC(C)C)C1CCCCC1)C(=O)C(=O)NCC(=O)N[C@H](C(N)=O)c1ccccc1. The van der Waals surface area contributed by atoms with Gasteiger partial charge in [-0.05, 0) is 48.8 Å². The van der Waals surface area contributed by atoms with E-state index in [2.05, 4.69) is 26.6 Å². The lowest BCUT2D eigenvalue weighted by atomic mass is 9.83. The number of ether oxygens (including phenoxy) is 1. The normalized spacial score (nSPS) is 15.3. The van der Waals surface area contributed by atoms with Gasteiger partial charge in [0, 0.05) is 0 Å². The summed E-state index contributed by atoms with van der Waals surface area (Å²) in [6.07, 6.45) is 3.13. The highest BCUT2D eigenvalue weighted by Crippen LogP contribution is 2.27. The van der Waals surface area contributed by atoms with Crippen molar-refractivity contribution in [2.24, 2.45) is 17.6 Å². The van der Waals surface area contributed by atoms with Gasteiger partial charge in [0.2, 0.25) is 29.4 Å². The van der Waals surface area contributed by atoms with Crippen LogP contribution in [-0.4, -0.2) is 86.9 Å². The highest BCUT2D eigenvalue weighted by Gasteiger charge is 2.37. The van der Waals surface area contributed by atoms with Gasteiger partial charge in [0.15, 0.2) is 9.84 Å². The molecule has 300 valence electrons. The number of amides is 6. The Morgan fingerprint density at radius 2 is 1.40 bits per heavy atom. The first kappa shape index (κ1) is 44.1. The Morgan fingerprint density at radius 1 is 0.800 bits per heavy atom. The van der Waals surface area contributed by atoms with Crippen LogP contribution in [0.1, 0.15) is 77.3 Å². The molecule has 0 aromatic heterocycles. The van der Waals surface area contributed by atoms with E-state index in [1.807, 2.05) is 13.8 Å². The van der Waals surface area contributed by atoms with Crippen LogP contribution in [0.2, 0.25) is 0 Å². The number of carbonyl (C=O) groups excluding carboxylic acids is 7. The number of primary amides is 1. The number of Topliss-reactive ketones (excluding diaryl/α,β-unsaturated/α-hetero) is 1. The molecule has 1 aliphatic rings. The monoisotopic (exact) mass is 784 g/mol.